The molecule has 17 heavy (non-hydrogen) atoms. The lowest BCUT2D eigenvalue weighted by atomic mass is 10.2. The molecule has 0 aliphatic carbocycles. The molecule has 0 amide bonds. The van der Waals surface area contributed by atoms with Crippen molar-refractivity contribution in [1.82, 2.24) is 0 Å². The van der Waals surface area contributed by atoms with E-state index in [-0.39, 0.29) is 18.0 Å². The molecule has 0 atom stereocenters. The summed E-state index contributed by atoms with van der Waals surface area (Å²) in [6.45, 7) is 6.91. The lowest BCUT2D eigenvalue weighted by Crippen LogP contribution is -2.22. The number of halogens is 1. The molecule has 0 aromatic carbocycles. The van der Waals surface area contributed by atoms with E-state index in [1.165, 1.54) is 11.3 Å². The fourth-order valence-electron chi connectivity index (χ4n) is 1.11. The maximum Gasteiger partial charge on any atom is 0.198 e. The zero-order valence-electron chi connectivity index (χ0n) is 10.3. The molecule has 0 saturated heterocycles. The summed E-state index contributed by atoms with van der Waals surface area (Å²) in [6, 6.07) is 3.42. The molecule has 1 aromatic heterocycles. The molecule has 1 heterocycles. The average molecular weight is 277 g/mol. The van der Waals surface area contributed by atoms with Crippen LogP contribution in [-0.2, 0) is 9.47 Å². The third-order valence-electron chi connectivity index (χ3n) is 1.84. The molecule has 1 aromatic rings. The predicted molar refractivity (Wildman–Crippen MR) is 70.2 cm³/mol. The third kappa shape index (κ3) is 6.17. The summed E-state index contributed by atoms with van der Waals surface area (Å²) < 4.78 is 11.3. The van der Waals surface area contributed by atoms with Crippen molar-refractivity contribution in [3.8, 4) is 0 Å². The van der Waals surface area contributed by atoms with Crippen LogP contribution >= 0.6 is 22.9 Å². The van der Waals surface area contributed by atoms with Gasteiger partial charge in [0.25, 0.3) is 0 Å². The molecule has 0 aliphatic rings. The minimum Gasteiger partial charge on any atom is -0.373 e. The second kappa shape index (κ2) is 6.50. The standard InChI is InChI=1S/C12H17ClO3S/c1-12(2,3)16-7-6-15-8-9(14)10-4-5-11(13)17-10/h4-5H,6-8H2,1-3H3. The maximum absolute atomic E-state index is 11.6. The van der Waals surface area contributed by atoms with Gasteiger partial charge in [-0.1, -0.05) is 11.6 Å². The number of hydrogen-bond donors (Lipinski definition) is 0. The van der Waals surface area contributed by atoms with Gasteiger partial charge in [-0.25, -0.2) is 0 Å². The quantitative estimate of drug-likeness (QED) is 0.590. The Labute approximate surface area is 111 Å². The second-order valence-electron chi connectivity index (χ2n) is 4.54. The minimum atomic E-state index is -0.172. The lowest BCUT2D eigenvalue weighted by molar-refractivity contribution is -0.0323. The van der Waals surface area contributed by atoms with Crippen LogP contribution in [-0.4, -0.2) is 31.2 Å². The van der Waals surface area contributed by atoms with Gasteiger partial charge in [0.15, 0.2) is 5.78 Å². The van der Waals surface area contributed by atoms with Crippen LogP contribution in [0.1, 0.15) is 30.4 Å². The molecule has 0 radical (unpaired) electrons. The first-order chi connectivity index (χ1) is 7.88. The summed E-state index contributed by atoms with van der Waals surface area (Å²) in [5.74, 6) is -0.0438. The van der Waals surface area contributed by atoms with Gasteiger partial charge in [-0.05, 0) is 32.9 Å². The Bertz CT molecular complexity index is 368. The monoisotopic (exact) mass is 276 g/mol. The number of carbonyl (C=O) groups excluding carboxylic acids is 1. The molecule has 0 unspecified atom stereocenters. The number of ether oxygens (including phenoxy) is 2. The largest absolute Gasteiger partial charge is 0.373 e. The SMILES string of the molecule is CC(C)(C)OCCOCC(=O)c1ccc(Cl)s1. The van der Waals surface area contributed by atoms with Gasteiger partial charge in [0.05, 0.1) is 28.0 Å². The molecule has 0 bridgehead atoms. The Balaban J connectivity index is 2.17. The normalized spacial score (nSPS) is 11.8. The van der Waals surface area contributed by atoms with Crippen LogP contribution in [0.3, 0.4) is 0 Å². The zero-order valence-corrected chi connectivity index (χ0v) is 11.9. The van der Waals surface area contributed by atoms with E-state index in [2.05, 4.69) is 0 Å². The Morgan fingerprint density at radius 1 is 1.35 bits per heavy atom. The molecule has 0 saturated carbocycles. The highest BCUT2D eigenvalue weighted by Gasteiger charge is 2.11. The van der Waals surface area contributed by atoms with Crippen LogP contribution in [0.5, 0.6) is 0 Å². The highest BCUT2D eigenvalue weighted by molar-refractivity contribution is 7.18. The first-order valence-corrected chi connectivity index (χ1v) is 6.58. The first-order valence-electron chi connectivity index (χ1n) is 5.39. The molecule has 0 fully saturated rings. The van der Waals surface area contributed by atoms with Gasteiger partial charge in [-0.15, -0.1) is 11.3 Å². The van der Waals surface area contributed by atoms with Gasteiger partial charge in [0, 0.05) is 0 Å². The van der Waals surface area contributed by atoms with Crippen molar-refractivity contribution < 1.29 is 14.3 Å². The zero-order chi connectivity index (χ0) is 12.9. The number of carbonyl (C=O) groups is 1. The van der Waals surface area contributed by atoms with Crippen molar-refractivity contribution in [2.45, 2.75) is 26.4 Å². The third-order valence-corrected chi connectivity index (χ3v) is 3.12. The van der Waals surface area contributed by atoms with Crippen LogP contribution in [0.25, 0.3) is 0 Å². The number of rotatable bonds is 6. The molecular formula is C12H17ClO3S. The van der Waals surface area contributed by atoms with Crippen molar-refractivity contribution in [2.75, 3.05) is 19.8 Å². The van der Waals surface area contributed by atoms with Gasteiger partial charge < -0.3 is 9.47 Å². The van der Waals surface area contributed by atoms with Gasteiger partial charge in [-0.2, -0.15) is 0 Å². The molecule has 0 spiro atoms. The molecule has 5 heteroatoms. The van der Waals surface area contributed by atoms with Crippen molar-refractivity contribution in [3.05, 3.63) is 21.3 Å². The Hall–Kier alpha value is -0.420. The van der Waals surface area contributed by atoms with E-state index < -0.39 is 0 Å². The molecule has 3 nitrogen and oxygen atoms in total. The topological polar surface area (TPSA) is 35.5 Å². The van der Waals surface area contributed by atoms with Crippen molar-refractivity contribution >= 4 is 28.7 Å². The summed E-state index contributed by atoms with van der Waals surface area (Å²) in [5.41, 5.74) is -0.172. The summed E-state index contributed by atoms with van der Waals surface area (Å²) >= 11 is 7.01. The maximum atomic E-state index is 11.6. The van der Waals surface area contributed by atoms with E-state index in [9.17, 15) is 4.79 Å². The Morgan fingerprint density at radius 3 is 2.59 bits per heavy atom. The summed E-state index contributed by atoms with van der Waals surface area (Å²) in [7, 11) is 0. The highest BCUT2D eigenvalue weighted by atomic mass is 35.5. The smallest absolute Gasteiger partial charge is 0.198 e. The van der Waals surface area contributed by atoms with Gasteiger partial charge in [0.2, 0.25) is 0 Å². The van der Waals surface area contributed by atoms with Crippen LogP contribution in [0.2, 0.25) is 4.34 Å². The highest BCUT2D eigenvalue weighted by Crippen LogP contribution is 2.21. The van der Waals surface area contributed by atoms with Gasteiger partial charge >= 0.3 is 0 Å². The lowest BCUT2D eigenvalue weighted by Gasteiger charge is -2.19. The summed E-state index contributed by atoms with van der Waals surface area (Å²) in [6.07, 6.45) is 0. The van der Waals surface area contributed by atoms with Crippen molar-refractivity contribution in [3.63, 3.8) is 0 Å². The molecular weight excluding hydrogens is 260 g/mol. The summed E-state index contributed by atoms with van der Waals surface area (Å²) in [4.78, 5) is 12.2. The van der Waals surface area contributed by atoms with Crippen LogP contribution in [0.15, 0.2) is 12.1 Å². The predicted octanol–water partition coefficient (Wildman–Crippen LogP) is 3.42. The number of Topliss-reactive ketones (excluding diaryl/α,β-unsaturated/α-hetero) is 1. The number of thiophene rings is 1. The van der Waals surface area contributed by atoms with Crippen LogP contribution in [0, 0.1) is 0 Å². The average Bonchev–Trinajstić information content (AvgIpc) is 2.62. The first kappa shape index (κ1) is 14.6. The number of hydrogen-bond acceptors (Lipinski definition) is 4. The molecule has 1 rings (SSSR count). The van der Waals surface area contributed by atoms with Gasteiger partial charge in [0.1, 0.15) is 6.61 Å². The summed E-state index contributed by atoms with van der Waals surface area (Å²) in [5, 5.41) is 0. The molecule has 96 valence electrons. The van der Waals surface area contributed by atoms with E-state index >= 15 is 0 Å². The van der Waals surface area contributed by atoms with Crippen LogP contribution in [0.4, 0.5) is 0 Å². The van der Waals surface area contributed by atoms with Crippen molar-refractivity contribution in [2.24, 2.45) is 0 Å². The fraction of sp³-hybridized carbons (Fsp3) is 0.583. The Morgan fingerprint density at radius 2 is 2.06 bits per heavy atom. The molecule has 0 N–H and O–H groups in total. The van der Waals surface area contributed by atoms with E-state index in [0.29, 0.717) is 22.4 Å². The van der Waals surface area contributed by atoms with Gasteiger partial charge in [-0.3, -0.25) is 4.79 Å². The Kier molecular flexibility index (Phi) is 5.59. The van der Waals surface area contributed by atoms with E-state index in [1.807, 2.05) is 20.8 Å². The van der Waals surface area contributed by atoms with E-state index in [0.717, 1.165) is 0 Å². The van der Waals surface area contributed by atoms with Crippen molar-refractivity contribution in [1.29, 1.82) is 0 Å². The number of ketones is 1. The fourth-order valence-corrected chi connectivity index (χ4v) is 2.07. The second-order valence-corrected chi connectivity index (χ2v) is 6.26. The van der Waals surface area contributed by atoms with E-state index in [4.69, 9.17) is 21.1 Å². The van der Waals surface area contributed by atoms with Crippen LogP contribution < -0.4 is 0 Å². The van der Waals surface area contributed by atoms with E-state index in [1.54, 1.807) is 12.1 Å². The molecule has 0 aliphatic heterocycles. The minimum absolute atomic E-state index is 0.0438.